The number of carbonyl (C=O) groups is 1. The van der Waals surface area contributed by atoms with Crippen molar-refractivity contribution in [2.45, 2.75) is 25.8 Å². The molecule has 0 aliphatic carbocycles. The second-order valence-corrected chi connectivity index (χ2v) is 5.52. The van der Waals surface area contributed by atoms with Gasteiger partial charge in [0.25, 0.3) is 5.91 Å². The lowest BCUT2D eigenvalue weighted by Crippen LogP contribution is -2.47. The molecular formula is C16H24N2O3. The zero-order chi connectivity index (χ0) is 15.4. The largest absolute Gasteiger partial charge is 0.496 e. The second-order valence-electron chi connectivity index (χ2n) is 5.52. The summed E-state index contributed by atoms with van der Waals surface area (Å²) in [5.41, 5.74) is 6.27. The Kier molecular flexibility index (Phi) is 5.07. The third kappa shape index (κ3) is 3.13. The van der Waals surface area contributed by atoms with Crippen molar-refractivity contribution in [2.75, 3.05) is 27.3 Å². The summed E-state index contributed by atoms with van der Waals surface area (Å²) in [4.78, 5) is 14.8. The molecule has 0 saturated carbocycles. The average Bonchev–Trinajstić information content (AvgIpc) is 2.53. The second kappa shape index (κ2) is 6.80. The molecule has 2 N–H and O–H groups in total. The van der Waals surface area contributed by atoms with Crippen LogP contribution in [-0.4, -0.2) is 44.2 Å². The van der Waals surface area contributed by atoms with Gasteiger partial charge < -0.3 is 20.1 Å². The monoisotopic (exact) mass is 292 g/mol. The lowest BCUT2D eigenvalue weighted by atomic mass is 9.92. The molecule has 0 bridgehead atoms. The molecule has 5 heteroatoms. The summed E-state index contributed by atoms with van der Waals surface area (Å²) < 4.78 is 10.7. The van der Waals surface area contributed by atoms with Crippen LogP contribution in [0, 0.1) is 5.92 Å². The number of methoxy groups -OCH3 is 2. The molecule has 1 aliphatic rings. The molecule has 5 nitrogen and oxygen atoms in total. The zero-order valence-electron chi connectivity index (χ0n) is 13.0. The quantitative estimate of drug-likeness (QED) is 0.920. The fourth-order valence-electron chi connectivity index (χ4n) is 2.86. The Balaban J connectivity index is 2.34. The highest BCUT2D eigenvalue weighted by Crippen LogP contribution is 2.32. The van der Waals surface area contributed by atoms with Gasteiger partial charge in [0.2, 0.25) is 0 Å². The Hall–Kier alpha value is -1.75. The van der Waals surface area contributed by atoms with Crippen LogP contribution >= 0.6 is 0 Å². The minimum Gasteiger partial charge on any atom is -0.496 e. The van der Waals surface area contributed by atoms with Gasteiger partial charge >= 0.3 is 0 Å². The number of amides is 1. The van der Waals surface area contributed by atoms with E-state index in [1.54, 1.807) is 26.4 Å². The predicted octanol–water partition coefficient (Wildman–Crippen LogP) is 1.90. The van der Waals surface area contributed by atoms with Crippen molar-refractivity contribution in [3.8, 4) is 11.5 Å². The molecule has 0 radical (unpaired) electrons. The summed E-state index contributed by atoms with van der Waals surface area (Å²) in [6, 6.07) is 5.58. The molecule has 116 valence electrons. The van der Waals surface area contributed by atoms with Gasteiger partial charge in [0.05, 0.1) is 14.2 Å². The van der Waals surface area contributed by atoms with Gasteiger partial charge in [-0.3, -0.25) is 4.79 Å². The minimum atomic E-state index is -0.0463. The van der Waals surface area contributed by atoms with Crippen LogP contribution in [0.2, 0.25) is 0 Å². The molecule has 2 atom stereocenters. The van der Waals surface area contributed by atoms with E-state index in [-0.39, 0.29) is 11.9 Å². The van der Waals surface area contributed by atoms with Crippen LogP contribution in [0.5, 0.6) is 11.5 Å². The number of piperidine rings is 1. The fourth-order valence-corrected chi connectivity index (χ4v) is 2.86. The van der Waals surface area contributed by atoms with Crippen molar-refractivity contribution < 1.29 is 14.3 Å². The van der Waals surface area contributed by atoms with Gasteiger partial charge in [-0.15, -0.1) is 0 Å². The number of ether oxygens (including phenoxy) is 2. The highest BCUT2D eigenvalue weighted by atomic mass is 16.5. The highest BCUT2D eigenvalue weighted by Gasteiger charge is 2.32. The first kappa shape index (κ1) is 15.6. The van der Waals surface area contributed by atoms with Gasteiger partial charge in [-0.1, -0.05) is 6.07 Å². The van der Waals surface area contributed by atoms with Crippen LogP contribution < -0.4 is 15.2 Å². The van der Waals surface area contributed by atoms with Gasteiger partial charge in [-0.2, -0.15) is 0 Å². The molecule has 2 rings (SSSR count). The molecule has 1 aliphatic heterocycles. The highest BCUT2D eigenvalue weighted by molar-refractivity contribution is 6.00. The van der Waals surface area contributed by atoms with Gasteiger partial charge in [0.1, 0.15) is 17.1 Å². The lowest BCUT2D eigenvalue weighted by Gasteiger charge is -2.38. The van der Waals surface area contributed by atoms with Gasteiger partial charge in [0, 0.05) is 12.6 Å². The lowest BCUT2D eigenvalue weighted by molar-refractivity contribution is 0.0560. The standard InChI is InChI=1S/C16H24N2O3/c1-11-7-8-12(9-17)10-18(11)16(19)15-13(20-2)5-4-6-14(15)21-3/h4-6,11-12H,7-10,17H2,1-3H3. The molecule has 1 amide bonds. The first-order valence-corrected chi connectivity index (χ1v) is 7.34. The molecule has 1 fully saturated rings. The summed E-state index contributed by atoms with van der Waals surface area (Å²) in [5, 5.41) is 0. The fraction of sp³-hybridized carbons (Fsp3) is 0.562. The summed E-state index contributed by atoms with van der Waals surface area (Å²) in [6.07, 6.45) is 2.05. The maximum atomic E-state index is 13.0. The summed E-state index contributed by atoms with van der Waals surface area (Å²) in [7, 11) is 3.13. The molecular weight excluding hydrogens is 268 g/mol. The summed E-state index contributed by atoms with van der Waals surface area (Å²) >= 11 is 0. The Morgan fingerprint density at radius 3 is 2.43 bits per heavy atom. The van der Waals surface area contributed by atoms with Crippen molar-refractivity contribution in [2.24, 2.45) is 11.7 Å². The van der Waals surface area contributed by atoms with Crippen LogP contribution in [0.25, 0.3) is 0 Å². The van der Waals surface area contributed by atoms with E-state index < -0.39 is 0 Å². The SMILES string of the molecule is COc1cccc(OC)c1C(=O)N1CC(CN)CCC1C. The van der Waals surface area contributed by atoms with E-state index in [1.807, 2.05) is 11.0 Å². The van der Waals surface area contributed by atoms with Crippen molar-refractivity contribution in [3.63, 3.8) is 0 Å². The Labute approximate surface area is 126 Å². The van der Waals surface area contributed by atoms with E-state index in [2.05, 4.69) is 6.92 Å². The number of likely N-dealkylation sites (tertiary alicyclic amines) is 1. The number of nitrogens with two attached hydrogens (primary N) is 1. The topological polar surface area (TPSA) is 64.8 Å². The third-order valence-electron chi connectivity index (χ3n) is 4.22. The number of hydrogen-bond acceptors (Lipinski definition) is 4. The Morgan fingerprint density at radius 1 is 1.29 bits per heavy atom. The van der Waals surface area contributed by atoms with Crippen molar-refractivity contribution in [3.05, 3.63) is 23.8 Å². The summed E-state index contributed by atoms with van der Waals surface area (Å²) in [5.74, 6) is 1.41. The van der Waals surface area contributed by atoms with Crippen LogP contribution in [0.4, 0.5) is 0 Å². The molecule has 1 saturated heterocycles. The van der Waals surface area contributed by atoms with Crippen LogP contribution in [0.3, 0.4) is 0 Å². The average molecular weight is 292 g/mol. The Bertz CT molecular complexity index is 482. The van der Waals surface area contributed by atoms with Gasteiger partial charge in [0.15, 0.2) is 0 Å². The number of benzene rings is 1. The first-order valence-electron chi connectivity index (χ1n) is 7.34. The van der Waals surface area contributed by atoms with E-state index in [0.29, 0.717) is 36.1 Å². The molecule has 2 unspecified atom stereocenters. The van der Waals surface area contributed by atoms with E-state index in [0.717, 1.165) is 12.8 Å². The molecule has 0 spiro atoms. The number of nitrogens with zero attached hydrogens (tertiary/aromatic N) is 1. The molecule has 1 heterocycles. The maximum absolute atomic E-state index is 13.0. The smallest absolute Gasteiger partial charge is 0.261 e. The molecule has 21 heavy (non-hydrogen) atoms. The van der Waals surface area contributed by atoms with Gasteiger partial charge in [-0.05, 0) is 44.4 Å². The number of hydrogen-bond donors (Lipinski definition) is 1. The van der Waals surface area contributed by atoms with E-state index in [1.165, 1.54) is 0 Å². The van der Waals surface area contributed by atoms with Crippen LogP contribution in [0.1, 0.15) is 30.1 Å². The van der Waals surface area contributed by atoms with Crippen molar-refractivity contribution >= 4 is 5.91 Å². The predicted molar refractivity (Wildman–Crippen MR) is 81.8 cm³/mol. The van der Waals surface area contributed by atoms with Crippen molar-refractivity contribution in [1.29, 1.82) is 0 Å². The molecule has 0 aromatic heterocycles. The van der Waals surface area contributed by atoms with E-state index >= 15 is 0 Å². The maximum Gasteiger partial charge on any atom is 0.261 e. The zero-order valence-corrected chi connectivity index (χ0v) is 13.0. The van der Waals surface area contributed by atoms with Crippen LogP contribution in [-0.2, 0) is 0 Å². The number of carbonyl (C=O) groups excluding carboxylic acids is 1. The number of rotatable bonds is 4. The molecule has 1 aromatic rings. The minimum absolute atomic E-state index is 0.0463. The van der Waals surface area contributed by atoms with E-state index in [4.69, 9.17) is 15.2 Å². The van der Waals surface area contributed by atoms with Gasteiger partial charge in [-0.25, -0.2) is 0 Å². The first-order chi connectivity index (χ1) is 10.1. The Morgan fingerprint density at radius 2 is 1.90 bits per heavy atom. The normalized spacial score (nSPS) is 22.0. The molecule has 1 aromatic carbocycles. The van der Waals surface area contributed by atoms with E-state index in [9.17, 15) is 4.79 Å². The van der Waals surface area contributed by atoms with Crippen LogP contribution in [0.15, 0.2) is 18.2 Å². The third-order valence-corrected chi connectivity index (χ3v) is 4.22. The van der Waals surface area contributed by atoms with Crippen molar-refractivity contribution in [1.82, 2.24) is 4.90 Å². The summed E-state index contributed by atoms with van der Waals surface area (Å²) in [6.45, 7) is 3.38.